The standard InChI is InChI=1S/C27H34N2O4.C2H4O3/c1-6-17-11-19-13-21(14-20(19)12-18(17)7-2)28-15-23(30)26-16(3)10-24(32-4)27-22(26)8-9-25(31)29(27)33-5;3-1-2(4)5/h8-12,21,23,28,30H,6-7,13-15H2,1-5H3;3H,1H2,(H,4,5). The van der Waals surface area contributed by atoms with Crippen LogP contribution in [0.4, 0.5) is 0 Å². The number of carboxylic acids is 1. The number of aliphatic carboxylic acids is 1. The molecule has 0 fully saturated rings. The molecule has 1 heterocycles. The number of aliphatic hydroxyl groups is 2. The quantitative estimate of drug-likeness (QED) is 0.334. The maximum atomic E-state index is 12.3. The third-order valence-corrected chi connectivity index (χ3v) is 7.03. The summed E-state index contributed by atoms with van der Waals surface area (Å²) >= 11 is 0. The lowest BCUT2D eigenvalue weighted by Crippen LogP contribution is -2.33. The largest absolute Gasteiger partial charge is 0.494 e. The van der Waals surface area contributed by atoms with Crippen molar-refractivity contribution in [3.63, 3.8) is 0 Å². The summed E-state index contributed by atoms with van der Waals surface area (Å²) in [5, 5.41) is 30.6. The number of nitrogens with one attached hydrogen (secondary N) is 1. The van der Waals surface area contributed by atoms with Crippen molar-refractivity contribution >= 4 is 16.9 Å². The number of nitrogens with zero attached hydrogens (tertiary/aromatic N) is 1. The second-order valence-electron chi connectivity index (χ2n) is 9.40. The molecule has 0 bridgehead atoms. The Morgan fingerprint density at radius 2 is 1.68 bits per heavy atom. The average Bonchev–Trinajstić information content (AvgIpc) is 3.32. The lowest BCUT2D eigenvalue weighted by Gasteiger charge is -2.22. The van der Waals surface area contributed by atoms with Gasteiger partial charge in [0.1, 0.15) is 25.0 Å². The van der Waals surface area contributed by atoms with E-state index in [2.05, 4.69) is 31.3 Å². The predicted molar refractivity (Wildman–Crippen MR) is 146 cm³/mol. The van der Waals surface area contributed by atoms with Gasteiger partial charge in [0.25, 0.3) is 5.56 Å². The third kappa shape index (κ3) is 6.18. The zero-order valence-electron chi connectivity index (χ0n) is 22.7. The van der Waals surface area contributed by atoms with Crippen LogP contribution in [0.3, 0.4) is 0 Å². The van der Waals surface area contributed by atoms with Crippen LogP contribution in [0.2, 0.25) is 0 Å². The summed E-state index contributed by atoms with van der Waals surface area (Å²) in [5.41, 5.74) is 7.67. The van der Waals surface area contributed by atoms with Crippen LogP contribution in [-0.4, -0.2) is 59.4 Å². The fraction of sp³-hybridized carbons (Fsp3) is 0.448. The fourth-order valence-electron chi connectivity index (χ4n) is 5.26. The molecule has 38 heavy (non-hydrogen) atoms. The molecule has 0 saturated heterocycles. The molecule has 9 heteroatoms. The van der Waals surface area contributed by atoms with Crippen molar-refractivity contribution in [3.8, 4) is 5.75 Å². The van der Waals surface area contributed by atoms with E-state index in [9.17, 15) is 9.90 Å². The summed E-state index contributed by atoms with van der Waals surface area (Å²) in [6, 6.07) is 10.1. The minimum atomic E-state index is -1.19. The van der Waals surface area contributed by atoms with E-state index in [1.165, 1.54) is 40.2 Å². The summed E-state index contributed by atoms with van der Waals surface area (Å²) in [5.74, 6) is -0.652. The lowest BCUT2D eigenvalue weighted by molar-refractivity contribution is -0.140. The molecule has 0 aliphatic heterocycles. The topological polar surface area (TPSA) is 130 Å². The molecule has 4 rings (SSSR count). The zero-order chi connectivity index (χ0) is 28.0. The number of carboxylic acid groups (broad SMARTS) is 1. The molecular formula is C29H38N2O7. The van der Waals surface area contributed by atoms with Crippen molar-refractivity contribution in [2.45, 2.75) is 58.6 Å². The smallest absolute Gasteiger partial charge is 0.329 e. The molecule has 1 aliphatic rings. The van der Waals surface area contributed by atoms with E-state index in [0.29, 0.717) is 23.9 Å². The van der Waals surface area contributed by atoms with Crippen LogP contribution < -0.4 is 20.5 Å². The van der Waals surface area contributed by atoms with Gasteiger partial charge in [0, 0.05) is 24.0 Å². The second kappa shape index (κ2) is 12.9. The van der Waals surface area contributed by atoms with Crippen molar-refractivity contribution in [1.82, 2.24) is 10.0 Å². The molecule has 206 valence electrons. The number of benzene rings is 2. The van der Waals surface area contributed by atoms with Crippen molar-refractivity contribution in [2.75, 3.05) is 27.4 Å². The van der Waals surface area contributed by atoms with Gasteiger partial charge in [-0.05, 0) is 78.1 Å². The zero-order valence-corrected chi connectivity index (χ0v) is 22.7. The van der Waals surface area contributed by atoms with Crippen molar-refractivity contribution in [1.29, 1.82) is 0 Å². The van der Waals surface area contributed by atoms with Crippen LogP contribution in [0, 0.1) is 6.92 Å². The molecule has 1 aromatic heterocycles. The van der Waals surface area contributed by atoms with E-state index in [0.717, 1.165) is 42.2 Å². The monoisotopic (exact) mass is 526 g/mol. The SMILES string of the molecule is CCc1cc2c(cc1CC)CC(NCC(O)c1c(C)cc(OC)c3c1ccc(=O)n3OC)C2.O=C(O)CO. The van der Waals surface area contributed by atoms with E-state index in [4.69, 9.17) is 24.6 Å². The highest BCUT2D eigenvalue weighted by Crippen LogP contribution is 2.34. The van der Waals surface area contributed by atoms with Gasteiger partial charge in [-0.25, -0.2) is 4.79 Å². The van der Waals surface area contributed by atoms with Gasteiger partial charge < -0.3 is 30.2 Å². The number of aliphatic hydroxyl groups excluding tert-OH is 2. The van der Waals surface area contributed by atoms with Crippen molar-refractivity contribution in [2.24, 2.45) is 0 Å². The highest BCUT2D eigenvalue weighted by atomic mass is 16.7. The first-order valence-electron chi connectivity index (χ1n) is 12.8. The number of aromatic nitrogens is 1. The van der Waals surface area contributed by atoms with E-state index in [1.54, 1.807) is 13.2 Å². The molecule has 0 radical (unpaired) electrons. The number of fused-ring (bicyclic) bond motifs is 2. The molecule has 0 saturated carbocycles. The Labute approximate surface area is 222 Å². The van der Waals surface area contributed by atoms with Gasteiger partial charge in [-0.2, -0.15) is 0 Å². The minimum Gasteiger partial charge on any atom is -0.494 e. The summed E-state index contributed by atoms with van der Waals surface area (Å²) in [6.07, 6.45) is 3.34. The molecule has 0 amide bonds. The Bertz CT molecular complexity index is 1320. The second-order valence-corrected chi connectivity index (χ2v) is 9.40. The van der Waals surface area contributed by atoms with E-state index < -0.39 is 18.7 Å². The van der Waals surface area contributed by atoms with Crippen molar-refractivity contribution < 1.29 is 29.7 Å². The van der Waals surface area contributed by atoms with Crippen LogP contribution in [0.25, 0.3) is 10.9 Å². The number of rotatable bonds is 9. The normalized spacial score (nSPS) is 13.6. The molecule has 1 atom stereocenters. The van der Waals surface area contributed by atoms with Gasteiger partial charge in [-0.1, -0.05) is 26.0 Å². The summed E-state index contributed by atoms with van der Waals surface area (Å²) in [7, 11) is 3.01. The Morgan fingerprint density at radius 1 is 1.11 bits per heavy atom. The first kappa shape index (κ1) is 29.2. The first-order chi connectivity index (χ1) is 18.2. The molecule has 2 aromatic carbocycles. The maximum Gasteiger partial charge on any atom is 0.329 e. The van der Waals surface area contributed by atoms with Gasteiger partial charge in [0.05, 0.1) is 13.2 Å². The first-order valence-corrected chi connectivity index (χ1v) is 12.8. The molecule has 9 nitrogen and oxygen atoms in total. The Balaban J connectivity index is 0.000000732. The number of pyridine rings is 1. The molecule has 1 unspecified atom stereocenters. The lowest BCUT2D eigenvalue weighted by atomic mass is 9.96. The maximum absolute atomic E-state index is 12.3. The van der Waals surface area contributed by atoms with Gasteiger partial charge >= 0.3 is 5.97 Å². The van der Waals surface area contributed by atoms with E-state index in [1.807, 2.05) is 13.0 Å². The van der Waals surface area contributed by atoms with Gasteiger partial charge in [0.2, 0.25) is 0 Å². The molecule has 0 spiro atoms. The van der Waals surface area contributed by atoms with Crippen molar-refractivity contribution in [3.05, 3.63) is 74.1 Å². The van der Waals surface area contributed by atoms with Crippen LogP contribution >= 0.6 is 0 Å². The Kier molecular flexibility index (Phi) is 9.90. The van der Waals surface area contributed by atoms with Gasteiger partial charge in [-0.15, -0.1) is 4.73 Å². The number of hydrogen-bond donors (Lipinski definition) is 4. The van der Waals surface area contributed by atoms with Crippen LogP contribution in [0.15, 0.2) is 35.1 Å². The number of hydrogen-bond acceptors (Lipinski definition) is 7. The van der Waals surface area contributed by atoms with Crippen LogP contribution in [-0.2, 0) is 30.5 Å². The number of ether oxygens (including phenoxy) is 1. The van der Waals surface area contributed by atoms with Crippen LogP contribution in [0.1, 0.15) is 53.3 Å². The summed E-state index contributed by atoms with van der Waals surface area (Å²) in [6.45, 7) is 6.03. The number of methoxy groups -OCH3 is 1. The number of carbonyl (C=O) groups is 1. The summed E-state index contributed by atoms with van der Waals surface area (Å²) in [4.78, 5) is 26.7. The fourth-order valence-corrected chi connectivity index (χ4v) is 5.26. The molecule has 4 N–H and O–H groups in total. The molecule has 3 aromatic rings. The van der Waals surface area contributed by atoms with E-state index >= 15 is 0 Å². The predicted octanol–water partition coefficient (Wildman–Crippen LogP) is 2.36. The number of aryl methyl sites for hydroxylation is 3. The Morgan fingerprint density at radius 3 is 2.16 bits per heavy atom. The highest BCUT2D eigenvalue weighted by Gasteiger charge is 2.25. The molecular weight excluding hydrogens is 488 g/mol. The third-order valence-electron chi connectivity index (χ3n) is 7.03. The van der Waals surface area contributed by atoms with Gasteiger partial charge in [-0.3, -0.25) is 4.79 Å². The van der Waals surface area contributed by atoms with E-state index in [-0.39, 0.29) is 5.56 Å². The summed E-state index contributed by atoms with van der Waals surface area (Å²) < 4.78 is 6.73. The van der Waals surface area contributed by atoms with Crippen LogP contribution in [0.5, 0.6) is 5.75 Å². The highest BCUT2D eigenvalue weighted by molar-refractivity contribution is 5.89. The minimum absolute atomic E-state index is 0.285. The van der Waals surface area contributed by atoms with Gasteiger partial charge in [0.15, 0.2) is 0 Å². The molecule has 1 aliphatic carbocycles. The Hall–Kier alpha value is -3.40. The average molecular weight is 527 g/mol.